The Morgan fingerprint density at radius 1 is 1.08 bits per heavy atom. The number of nitrogens with zero attached hydrogens (tertiary/aromatic N) is 5. The molecule has 124 valence electrons. The Kier molecular flexibility index (Phi) is 3.90. The third kappa shape index (κ3) is 2.85. The Balaban J connectivity index is 1.77. The molecule has 3 aromatic rings. The zero-order valence-corrected chi connectivity index (χ0v) is 13.8. The first-order chi connectivity index (χ1) is 11.7. The molecule has 6 nitrogen and oxygen atoms in total. The quantitative estimate of drug-likeness (QED) is 0.804. The van der Waals surface area contributed by atoms with Crippen LogP contribution in [0.4, 0.5) is 0 Å². The van der Waals surface area contributed by atoms with Crippen molar-refractivity contribution in [2.75, 3.05) is 0 Å². The lowest BCUT2D eigenvalue weighted by atomic mass is 9.86. The summed E-state index contributed by atoms with van der Waals surface area (Å²) < 4.78 is 3.75. The number of hydrogen-bond donors (Lipinski definition) is 1. The topological polar surface area (TPSA) is 74.5 Å². The molecule has 0 saturated heterocycles. The molecule has 1 fully saturated rings. The predicted molar refractivity (Wildman–Crippen MR) is 92.7 cm³/mol. The van der Waals surface area contributed by atoms with Crippen LogP contribution < -0.4 is 5.73 Å². The van der Waals surface area contributed by atoms with Gasteiger partial charge in [0.2, 0.25) is 0 Å². The van der Waals surface area contributed by atoms with Crippen LogP contribution in [0.25, 0.3) is 17.1 Å². The van der Waals surface area contributed by atoms with Crippen molar-refractivity contribution in [3.05, 3.63) is 48.5 Å². The van der Waals surface area contributed by atoms with E-state index in [0.29, 0.717) is 12.0 Å². The standard InChI is InChI=1S/C18H22N6/c1-23-12-16(11-20-23)24-18(14-7-9-15(19)10-8-14)21-17(22-24)13-5-3-2-4-6-13/h2-6,11-12,14-15H,7-10,19H2,1H3. The van der Waals surface area contributed by atoms with Crippen molar-refractivity contribution in [1.29, 1.82) is 0 Å². The minimum absolute atomic E-state index is 0.324. The van der Waals surface area contributed by atoms with Gasteiger partial charge in [0.1, 0.15) is 11.5 Å². The molecule has 0 aliphatic heterocycles. The van der Waals surface area contributed by atoms with Gasteiger partial charge in [0.15, 0.2) is 5.82 Å². The van der Waals surface area contributed by atoms with E-state index in [2.05, 4.69) is 5.10 Å². The molecule has 1 saturated carbocycles. The number of benzene rings is 1. The molecule has 6 heteroatoms. The summed E-state index contributed by atoms with van der Waals surface area (Å²) in [6.45, 7) is 0. The van der Waals surface area contributed by atoms with Gasteiger partial charge in [-0.25, -0.2) is 9.67 Å². The summed E-state index contributed by atoms with van der Waals surface area (Å²) in [4.78, 5) is 4.89. The molecule has 0 amide bonds. The SMILES string of the molecule is Cn1cc(-n2nc(-c3ccccc3)nc2C2CCC(N)CC2)cn1. The lowest BCUT2D eigenvalue weighted by Gasteiger charge is -2.25. The highest BCUT2D eigenvalue weighted by Gasteiger charge is 2.26. The van der Waals surface area contributed by atoms with E-state index in [0.717, 1.165) is 48.6 Å². The van der Waals surface area contributed by atoms with Gasteiger partial charge in [-0.05, 0) is 25.7 Å². The third-order valence-electron chi connectivity index (χ3n) is 4.74. The van der Waals surface area contributed by atoms with Crippen LogP contribution in [-0.4, -0.2) is 30.6 Å². The molecule has 0 spiro atoms. The smallest absolute Gasteiger partial charge is 0.181 e. The van der Waals surface area contributed by atoms with Crippen LogP contribution >= 0.6 is 0 Å². The molecule has 24 heavy (non-hydrogen) atoms. The van der Waals surface area contributed by atoms with Crippen molar-refractivity contribution in [2.24, 2.45) is 12.8 Å². The first-order valence-electron chi connectivity index (χ1n) is 8.47. The normalized spacial score (nSPS) is 21.1. The number of aryl methyl sites for hydroxylation is 1. The fourth-order valence-electron chi connectivity index (χ4n) is 3.38. The Hall–Kier alpha value is -2.47. The van der Waals surface area contributed by atoms with Crippen molar-refractivity contribution >= 4 is 0 Å². The maximum absolute atomic E-state index is 6.07. The summed E-state index contributed by atoms with van der Waals surface area (Å²) in [5, 5.41) is 9.06. The first kappa shape index (κ1) is 15.1. The minimum Gasteiger partial charge on any atom is -0.328 e. The molecule has 2 aromatic heterocycles. The Bertz CT molecular complexity index is 811. The fourth-order valence-corrected chi connectivity index (χ4v) is 3.38. The molecule has 0 atom stereocenters. The molecular formula is C18H22N6. The van der Waals surface area contributed by atoms with Crippen molar-refractivity contribution in [1.82, 2.24) is 24.5 Å². The number of rotatable bonds is 3. The van der Waals surface area contributed by atoms with Crippen molar-refractivity contribution in [2.45, 2.75) is 37.6 Å². The summed E-state index contributed by atoms with van der Waals surface area (Å²) in [7, 11) is 1.91. The highest BCUT2D eigenvalue weighted by atomic mass is 15.4. The highest BCUT2D eigenvalue weighted by Crippen LogP contribution is 2.33. The van der Waals surface area contributed by atoms with Crippen molar-refractivity contribution in [3.63, 3.8) is 0 Å². The van der Waals surface area contributed by atoms with Crippen molar-refractivity contribution in [3.8, 4) is 17.1 Å². The molecule has 1 aliphatic rings. The second-order valence-corrected chi connectivity index (χ2v) is 6.56. The Morgan fingerprint density at radius 2 is 1.83 bits per heavy atom. The summed E-state index contributed by atoms with van der Waals surface area (Å²) >= 11 is 0. The van der Waals surface area contributed by atoms with Crippen LogP contribution in [0.5, 0.6) is 0 Å². The van der Waals surface area contributed by atoms with E-state index in [1.165, 1.54) is 0 Å². The van der Waals surface area contributed by atoms with Gasteiger partial charge in [-0.15, -0.1) is 5.10 Å². The van der Waals surface area contributed by atoms with E-state index < -0.39 is 0 Å². The van der Waals surface area contributed by atoms with E-state index in [1.54, 1.807) is 4.68 Å². The van der Waals surface area contributed by atoms with Gasteiger partial charge in [-0.1, -0.05) is 30.3 Å². The van der Waals surface area contributed by atoms with E-state index in [9.17, 15) is 0 Å². The van der Waals surface area contributed by atoms with E-state index >= 15 is 0 Å². The van der Waals surface area contributed by atoms with Crippen LogP contribution in [0.2, 0.25) is 0 Å². The van der Waals surface area contributed by atoms with Crippen LogP contribution in [0.15, 0.2) is 42.7 Å². The molecular weight excluding hydrogens is 300 g/mol. The van der Waals surface area contributed by atoms with Crippen LogP contribution in [0.3, 0.4) is 0 Å². The van der Waals surface area contributed by atoms with Gasteiger partial charge >= 0.3 is 0 Å². The van der Waals surface area contributed by atoms with Crippen molar-refractivity contribution < 1.29 is 0 Å². The highest BCUT2D eigenvalue weighted by molar-refractivity contribution is 5.54. The van der Waals surface area contributed by atoms with Crippen LogP contribution in [-0.2, 0) is 7.05 Å². The Morgan fingerprint density at radius 3 is 2.50 bits per heavy atom. The van der Waals surface area contributed by atoms with E-state index in [4.69, 9.17) is 15.8 Å². The van der Waals surface area contributed by atoms with Gasteiger partial charge in [0, 0.05) is 24.6 Å². The summed E-state index contributed by atoms with van der Waals surface area (Å²) in [6, 6.07) is 10.4. The van der Waals surface area contributed by atoms with Gasteiger partial charge in [-0.2, -0.15) is 5.10 Å². The number of hydrogen-bond acceptors (Lipinski definition) is 4. The molecule has 4 rings (SSSR count). The minimum atomic E-state index is 0.324. The van der Waals surface area contributed by atoms with Gasteiger partial charge < -0.3 is 5.73 Å². The largest absolute Gasteiger partial charge is 0.328 e. The second kappa shape index (κ2) is 6.20. The molecule has 1 aromatic carbocycles. The summed E-state index contributed by atoms with van der Waals surface area (Å²) in [5.74, 6) is 2.19. The molecule has 0 radical (unpaired) electrons. The molecule has 0 unspecified atom stereocenters. The number of aromatic nitrogens is 5. The van der Waals surface area contributed by atoms with Gasteiger partial charge in [-0.3, -0.25) is 4.68 Å². The second-order valence-electron chi connectivity index (χ2n) is 6.56. The first-order valence-corrected chi connectivity index (χ1v) is 8.47. The number of nitrogens with two attached hydrogens (primary N) is 1. The van der Waals surface area contributed by atoms with E-state index in [-0.39, 0.29) is 0 Å². The lowest BCUT2D eigenvalue weighted by molar-refractivity contribution is 0.380. The predicted octanol–water partition coefficient (Wildman–Crippen LogP) is 2.65. The van der Waals surface area contributed by atoms with Crippen LogP contribution in [0, 0.1) is 0 Å². The van der Waals surface area contributed by atoms with E-state index in [1.807, 2.05) is 54.5 Å². The maximum Gasteiger partial charge on any atom is 0.181 e. The van der Waals surface area contributed by atoms with Crippen LogP contribution in [0.1, 0.15) is 37.4 Å². The fraction of sp³-hybridized carbons (Fsp3) is 0.389. The van der Waals surface area contributed by atoms with Gasteiger partial charge in [0.25, 0.3) is 0 Å². The zero-order chi connectivity index (χ0) is 16.5. The zero-order valence-electron chi connectivity index (χ0n) is 13.8. The molecule has 1 aliphatic carbocycles. The lowest BCUT2D eigenvalue weighted by Crippen LogP contribution is -2.26. The monoisotopic (exact) mass is 322 g/mol. The summed E-state index contributed by atoms with van der Waals surface area (Å²) in [6.07, 6.45) is 8.03. The average molecular weight is 322 g/mol. The molecule has 2 N–H and O–H groups in total. The average Bonchev–Trinajstić information content (AvgIpc) is 3.23. The maximum atomic E-state index is 6.07. The third-order valence-corrected chi connectivity index (χ3v) is 4.74. The Labute approximate surface area is 141 Å². The molecule has 2 heterocycles. The summed E-state index contributed by atoms with van der Waals surface area (Å²) in [5.41, 5.74) is 8.06. The molecule has 0 bridgehead atoms. The van der Waals surface area contributed by atoms with Gasteiger partial charge in [0.05, 0.1) is 12.4 Å².